The second-order valence-electron chi connectivity index (χ2n) is 6.34. The van der Waals surface area contributed by atoms with E-state index in [2.05, 4.69) is 6.58 Å². The van der Waals surface area contributed by atoms with Gasteiger partial charge in [-0.25, -0.2) is 0 Å². The number of amides is 1. The number of aliphatic hydroxyl groups is 1. The van der Waals surface area contributed by atoms with E-state index in [0.717, 1.165) is 11.1 Å². The number of carbonyl (C=O) groups is 1. The van der Waals surface area contributed by atoms with Crippen LogP contribution in [-0.4, -0.2) is 27.6 Å². The predicted octanol–water partition coefficient (Wildman–Crippen LogP) is 2.99. The highest BCUT2D eigenvalue weighted by molar-refractivity contribution is 5.98. The summed E-state index contributed by atoms with van der Waals surface area (Å²) in [5.41, 5.74) is 0.233. The Morgan fingerprint density at radius 1 is 1.35 bits per heavy atom. The topological polar surface area (TPSA) is 40.5 Å². The summed E-state index contributed by atoms with van der Waals surface area (Å²) in [6, 6.07) is 7.32. The minimum atomic E-state index is -1.05. The van der Waals surface area contributed by atoms with Crippen LogP contribution in [0.1, 0.15) is 43.6 Å². The average Bonchev–Trinajstić information content (AvgIpc) is 2.75. The van der Waals surface area contributed by atoms with Crippen molar-refractivity contribution >= 4 is 5.91 Å². The third-order valence-corrected chi connectivity index (χ3v) is 4.95. The Hall–Kier alpha value is -1.61. The van der Waals surface area contributed by atoms with Crippen LogP contribution in [0, 0.1) is 5.41 Å². The number of benzene rings is 1. The number of rotatable bonds is 4. The Morgan fingerprint density at radius 3 is 2.50 bits per heavy atom. The van der Waals surface area contributed by atoms with E-state index in [1.807, 2.05) is 45.0 Å². The van der Waals surface area contributed by atoms with Gasteiger partial charge in [-0.15, -0.1) is 6.58 Å². The highest BCUT2D eigenvalue weighted by Gasteiger charge is 2.46. The maximum Gasteiger partial charge on any atom is 0.254 e. The fourth-order valence-corrected chi connectivity index (χ4v) is 2.64. The van der Waals surface area contributed by atoms with Gasteiger partial charge in [0.25, 0.3) is 5.91 Å². The van der Waals surface area contributed by atoms with E-state index in [0.29, 0.717) is 6.54 Å². The van der Waals surface area contributed by atoms with Gasteiger partial charge in [0.15, 0.2) is 0 Å². The fraction of sp³-hybridized carbons (Fsp3) is 0.471. The maximum atomic E-state index is 12.5. The van der Waals surface area contributed by atoms with E-state index in [4.69, 9.17) is 0 Å². The van der Waals surface area contributed by atoms with E-state index < -0.39 is 11.0 Å². The zero-order valence-electron chi connectivity index (χ0n) is 12.7. The molecule has 3 heteroatoms. The summed E-state index contributed by atoms with van der Waals surface area (Å²) in [5, 5.41) is 10.9. The normalized spacial score (nSPS) is 19.4. The third-order valence-electron chi connectivity index (χ3n) is 4.95. The number of nitrogens with zero attached hydrogens (tertiary/aromatic N) is 1. The van der Waals surface area contributed by atoms with E-state index in [-0.39, 0.29) is 11.9 Å². The molecule has 20 heavy (non-hydrogen) atoms. The zero-order valence-corrected chi connectivity index (χ0v) is 12.7. The molecule has 2 atom stereocenters. The smallest absolute Gasteiger partial charge is 0.254 e. The number of hydrogen-bond acceptors (Lipinski definition) is 2. The van der Waals surface area contributed by atoms with Crippen molar-refractivity contribution in [2.24, 2.45) is 5.41 Å². The molecule has 1 aliphatic heterocycles. The van der Waals surface area contributed by atoms with Crippen LogP contribution in [0.2, 0.25) is 0 Å². The highest BCUT2D eigenvalue weighted by Crippen LogP contribution is 2.38. The van der Waals surface area contributed by atoms with Gasteiger partial charge in [-0.3, -0.25) is 4.79 Å². The van der Waals surface area contributed by atoms with Crippen molar-refractivity contribution in [1.82, 2.24) is 4.90 Å². The van der Waals surface area contributed by atoms with Crippen molar-refractivity contribution in [2.45, 2.75) is 45.9 Å². The molecule has 0 aromatic heterocycles. The molecule has 1 heterocycles. The van der Waals surface area contributed by atoms with Crippen LogP contribution in [0.4, 0.5) is 0 Å². The molecule has 2 rings (SSSR count). The monoisotopic (exact) mass is 273 g/mol. The summed E-state index contributed by atoms with van der Waals surface area (Å²) in [7, 11) is 0. The van der Waals surface area contributed by atoms with E-state index >= 15 is 0 Å². The van der Waals surface area contributed by atoms with Crippen molar-refractivity contribution in [3.05, 3.63) is 48.0 Å². The lowest BCUT2D eigenvalue weighted by molar-refractivity contribution is -0.0810. The van der Waals surface area contributed by atoms with E-state index in [1.165, 1.54) is 0 Å². The summed E-state index contributed by atoms with van der Waals surface area (Å²) in [4.78, 5) is 14.2. The SMILES string of the molecule is C=CC(C)(C)[C@@](C)(O)[C@H](C)N1Cc2ccccc2C1=O. The molecule has 1 N–H and O–H groups in total. The summed E-state index contributed by atoms with van der Waals surface area (Å²) >= 11 is 0. The molecule has 0 bridgehead atoms. The van der Waals surface area contributed by atoms with Gasteiger partial charge < -0.3 is 10.0 Å². The first-order valence-electron chi connectivity index (χ1n) is 6.97. The molecule has 0 radical (unpaired) electrons. The number of carbonyl (C=O) groups excluding carboxylic acids is 1. The van der Waals surface area contributed by atoms with Crippen LogP contribution in [0.3, 0.4) is 0 Å². The molecule has 1 aromatic carbocycles. The lowest BCUT2D eigenvalue weighted by atomic mass is 9.72. The standard InChI is InChI=1S/C17H23NO2/c1-6-16(3,4)17(5,20)12(2)18-11-13-9-7-8-10-14(13)15(18)19/h6-10,12,20H,1,11H2,2-5H3/t12-,17-/m0/s1. The molecule has 108 valence electrons. The van der Waals surface area contributed by atoms with Gasteiger partial charge in [0.05, 0.1) is 11.6 Å². The second-order valence-corrected chi connectivity index (χ2v) is 6.34. The van der Waals surface area contributed by atoms with E-state index in [1.54, 1.807) is 17.9 Å². The molecule has 1 aliphatic rings. The molecule has 0 unspecified atom stereocenters. The van der Waals surface area contributed by atoms with Crippen molar-refractivity contribution in [3.63, 3.8) is 0 Å². The Labute approximate surface area is 120 Å². The molecule has 1 aromatic rings. The summed E-state index contributed by atoms with van der Waals surface area (Å²) in [6.45, 7) is 11.9. The Bertz CT molecular complexity index is 546. The second kappa shape index (κ2) is 4.74. The minimum Gasteiger partial charge on any atom is -0.387 e. The van der Waals surface area contributed by atoms with Crippen molar-refractivity contribution < 1.29 is 9.90 Å². The van der Waals surface area contributed by atoms with Gasteiger partial charge in [0, 0.05) is 17.5 Å². The third kappa shape index (κ3) is 2.06. The van der Waals surface area contributed by atoms with Gasteiger partial charge in [-0.05, 0) is 25.5 Å². The lowest BCUT2D eigenvalue weighted by Crippen LogP contribution is -2.56. The predicted molar refractivity (Wildman–Crippen MR) is 80.4 cm³/mol. The first-order valence-corrected chi connectivity index (χ1v) is 6.97. The minimum absolute atomic E-state index is 0.00626. The van der Waals surface area contributed by atoms with Crippen LogP contribution in [0.25, 0.3) is 0 Å². The van der Waals surface area contributed by atoms with Crippen LogP contribution >= 0.6 is 0 Å². The van der Waals surface area contributed by atoms with Gasteiger partial charge in [-0.1, -0.05) is 38.1 Å². The molecule has 0 saturated carbocycles. The zero-order chi connectivity index (χ0) is 15.1. The summed E-state index contributed by atoms with van der Waals surface area (Å²) in [6.07, 6.45) is 1.75. The molecule has 0 saturated heterocycles. The van der Waals surface area contributed by atoms with Crippen LogP contribution in [-0.2, 0) is 6.54 Å². The van der Waals surface area contributed by atoms with Crippen molar-refractivity contribution in [1.29, 1.82) is 0 Å². The van der Waals surface area contributed by atoms with Gasteiger partial charge >= 0.3 is 0 Å². The fourth-order valence-electron chi connectivity index (χ4n) is 2.64. The first kappa shape index (κ1) is 14.8. The van der Waals surface area contributed by atoms with Crippen LogP contribution < -0.4 is 0 Å². The van der Waals surface area contributed by atoms with Crippen molar-refractivity contribution in [2.75, 3.05) is 0 Å². The molecular weight excluding hydrogens is 250 g/mol. The Kier molecular flexibility index (Phi) is 3.51. The Balaban J connectivity index is 2.31. The number of fused-ring (bicyclic) bond motifs is 1. The highest BCUT2D eigenvalue weighted by atomic mass is 16.3. The van der Waals surface area contributed by atoms with Gasteiger partial charge in [-0.2, -0.15) is 0 Å². The maximum absolute atomic E-state index is 12.5. The van der Waals surface area contributed by atoms with Crippen molar-refractivity contribution in [3.8, 4) is 0 Å². The van der Waals surface area contributed by atoms with Gasteiger partial charge in [0.2, 0.25) is 0 Å². The first-order chi connectivity index (χ1) is 9.22. The molecule has 0 spiro atoms. The summed E-state index contributed by atoms with van der Waals surface area (Å²) < 4.78 is 0. The summed E-state index contributed by atoms with van der Waals surface area (Å²) in [5.74, 6) is -0.00626. The van der Waals surface area contributed by atoms with Crippen LogP contribution in [0.15, 0.2) is 36.9 Å². The Morgan fingerprint density at radius 2 is 1.95 bits per heavy atom. The molecule has 3 nitrogen and oxygen atoms in total. The van der Waals surface area contributed by atoms with Crippen LogP contribution in [0.5, 0.6) is 0 Å². The molecule has 0 fully saturated rings. The lowest BCUT2D eigenvalue weighted by Gasteiger charge is -2.45. The van der Waals surface area contributed by atoms with Gasteiger partial charge in [0.1, 0.15) is 0 Å². The quantitative estimate of drug-likeness (QED) is 0.857. The number of hydrogen-bond donors (Lipinski definition) is 1. The molecule has 1 amide bonds. The average molecular weight is 273 g/mol. The largest absolute Gasteiger partial charge is 0.387 e. The molecule has 0 aliphatic carbocycles. The molecular formula is C17H23NO2. The van der Waals surface area contributed by atoms with E-state index in [9.17, 15) is 9.90 Å².